The van der Waals surface area contributed by atoms with Crippen molar-refractivity contribution in [3.05, 3.63) is 83.4 Å². The van der Waals surface area contributed by atoms with E-state index < -0.39 is 0 Å². The second-order valence-corrected chi connectivity index (χ2v) is 4.63. The van der Waals surface area contributed by atoms with Gasteiger partial charge in [0.05, 0.1) is 6.61 Å². The lowest BCUT2D eigenvalue weighted by atomic mass is 10.1. The van der Waals surface area contributed by atoms with Crippen molar-refractivity contribution in [3.8, 4) is 11.8 Å². The summed E-state index contributed by atoms with van der Waals surface area (Å²) in [5, 5.41) is 11.7. The molecule has 0 heterocycles. The molecule has 0 fully saturated rings. The van der Waals surface area contributed by atoms with Crippen LogP contribution in [0.5, 0.6) is 0 Å². The highest BCUT2D eigenvalue weighted by molar-refractivity contribution is 5.83. The van der Waals surface area contributed by atoms with E-state index in [2.05, 4.69) is 36.1 Å². The van der Waals surface area contributed by atoms with Crippen LogP contribution in [-0.4, -0.2) is 5.11 Å². The summed E-state index contributed by atoms with van der Waals surface area (Å²) in [6, 6.07) is 22.1. The Balaban J connectivity index is 1.99. The highest BCUT2D eigenvalue weighted by Crippen LogP contribution is 2.15. The predicted octanol–water partition coefficient (Wildman–Crippen LogP) is 3.73. The Morgan fingerprint density at radius 3 is 2.35 bits per heavy atom. The molecule has 0 aliphatic heterocycles. The molecule has 0 radical (unpaired) electrons. The van der Waals surface area contributed by atoms with Gasteiger partial charge in [0, 0.05) is 11.1 Å². The van der Waals surface area contributed by atoms with Crippen molar-refractivity contribution in [3.63, 3.8) is 0 Å². The van der Waals surface area contributed by atoms with Crippen molar-refractivity contribution < 1.29 is 5.11 Å². The molecule has 0 spiro atoms. The van der Waals surface area contributed by atoms with E-state index >= 15 is 0 Å². The maximum atomic E-state index is 9.29. The van der Waals surface area contributed by atoms with E-state index in [9.17, 15) is 5.11 Å². The van der Waals surface area contributed by atoms with Gasteiger partial charge in [-0.25, -0.2) is 0 Å². The van der Waals surface area contributed by atoms with Gasteiger partial charge in [0.25, 0.3) is 0 Å². The Morgan fingerprint density at radius 1 is 0.750 bits per heavy atom. The van der Waals surface area contributed by atoms with Crippen LogP contribution in [0, 0.1) is 11.8 Å². The summed E-state index contributed by atoms with van der Waals surface area (Å²) in [5.41, 5.74) is 2.72. The minimum atomic E-state index is 0.0164. The van der Waals surface area contributed by atoms with Crippen LogP contribution in [0.15, 0.2) is 66.7 Å². The van der Waals surface area contributed by atoms with E-state index in [4.69, 9.17) is 0 Å². The van der Waals surface area contributed by atoms with Gasteiger partial charge in [0.2, 0.25) is 0 Å². The van der Waals surface area contributed by atoms with Gasteiger partial charge in [0.1, 0.15) is 0 Å². The number of fused-ring (bicyclic) bond motifs is 1. The molecule has 3 rings (SSSR count). The Labute approximate surface area is 118 Å². The lowest BCUT2D eigenvalue weighted by Crippen LogP contribution is -1.88. The van der Waals surface area contributed by atoms with E-state index in [0.717, 1.165) is 16.7 Å². The van der Waals surface area contributed by atoms with Crippen LogP contribution >= 0.6 is 0 Å². The Hall–Kier alpha value is -2.56. The van der Waals surface area contributed by atoms with Gasteiger partial charge in [-0.15, -0.1) is 0 Å². The third-order valence-electron chi connectivity index (χ3n) is 3.28. The molecule has 0 atom stereocenters. The van der Waals surface area contributed by atoms with Gasteiger partial charge in [-0.05, 0) is 34.5 Å². The molecule has 0 aliphatic rings. The van der Waals surface area contributed by atoms with E-state index in [0.29, 0.717) is 0 Å². The fraction of sp³-hybridized carbons (Fsp3) is 0.0526. The summed E-state index contributed by atoms with van der Waals surface area (Å²) in [7, 11) is 0. The molecule has 0 unspecified atom stereocenters. The van der Waals surface area contributed by atoms with Gasteiger partial charge in [-0.3, -0.25) is 0 Å². The quantitative estimate of drug-likeness (QED) is 0.659. The van der Waals surface area contributed by atoms with Crippen LogP contribution in [0.25, 0.3) is 10.8 Å². The first-order valence-electron chi connectivity index (χ1n) is 6.56. The number of rotatable bonds is 1. The van der Waals surface area contributed by atoms with E-state index in [1.54, 1.807) is 0 Å². The summed E-state index contributed by atoms with van der Waals surface area (Å²) in [6.07, 6.45) is 0. The largest absolute Gasteiger partial charge is 0.392 e. The number of hydrogen-bond donors (Lipinski definition) is 1. The number of aliphatic hydroxyl groups excluding tert-OH is 1. The topological polar surface area (TPSA) is 20.2 Å². The Morgan fingerprint density at radius 2 is 1.50 bits per heavy atom. The van der Waals surface area contributed by atoms with Gasteiger partial charge in [-0.2, -0.15) is 0 Å². The first kappa shape index (κ1) is 12.5. The summed E-state index contributed by atoms with van der Waals surface area (Å²) < 4.78 is 0. The fourth-order valence-corrected chi connectivity index (χ4v) is 2.19. The zero-order valence-electron chi connectivity index (χ0n) is 11.0. The number of hydrogen-bond acceptors (Lipinski definition) is 1. The molecule has 3 aromatic carbocycles. The smallest absolute Gasteiger partial charge is 0.0694 e. The Bertz CT molecular complexity index is 806. The second kappa shape index (κ2) is 5.61. The van der Waals surface area contributed by atoms with Crippen LogP contribution in [0.3, 0.4) is 0 Å². The molecule has 0 saturated heterocycles. The molecule has 20 heavy (non-hydrogen) atoms. The molecule has 0 aromatic heterocycles. The van der Waals surface area contributed by atoms with E-state index in [1.165, 1.54) is 10.8 Å². The maximum Gasteiger partial charge on any atom is 0.0694 e. The van der Waals surface area contributed by atoms with E-state index in [1.807, 2.05) is 42.5 Å². The summed E-state index contributed by atoms with van der Waals surface area (Å²) in [5.74, 6) is 6.30. The average Bonchev–Trinajstić information content (AvgIpc) is 2.53. The zero-order valence-corrected chi connectivity index (χ0v) is 11.0. The molecule has 0 amide bonds. The summed E-state index contributed by atoms with van der Waals surface area (Å²) in [6.45, 7) is 0.0164. The zero-order chi connectivity index (χ0) is 13.8. The molecule has 1 nitrogen and oxygen atoms in total. The molecule has 1 N–H and O–H groups in total. The molecule has 0 saturated carbocycles. The number of benzene rings is 3. The highest BCUT2D eigenvalue weighted by atomic mass is 16.3. The van der Waals surface area contributed by atoms with Crippen molar-refractivity contribution in [2.45, 2.75) is 6.61 Å². The van der Waals surface area contributed by atoms with Crippen LogP contribution in [0.2, 0.25) is 0 Å². The van der Waals surface area contributed by atoms with Crippen LogP contribution < -0.4 is 0 Å². The molecule has 1 heteroatoms. The van der Waals surface area contributed by atoms with Crippen molar-refractivity contribution >= 4 is 10.8 Å². The van der Waals surface area contributed by atoms with Crippen molar-refractivity contribution in [2.75, 3.05) is 0 Å². The highest BCUT2D eigenvalue weighted by Gasteiger charge is 1.96. The molecular weight excluding hydrogens is 244 g/mol. The molecular formula is C19H14O. The van der Waals surface area contributed by atoms with Crippen molar-refractivity contribution in [1.82, 2.24) is 0 Å². The van der Waals surface area contributed by atoms with Crippen LogP contribution in [0.4, 0.5) is 0 Å². The molecule has 96 valence electrons. The summed E-state index contributed by atoms with van der Waals surface area (Å²) >= 11 is 0. The minimum absolute atomic E-state index is 0.0164. The SMILES string of the molecule is OCc1ccccc1C#Cc1ccc2ccccc2c1. The van der Waals surface area contributed by atoms with Crippen LogP contribution in [0.1, 0.15) is 16.7 Å². The van der Waals surface area contributed by atoms with E-state index in [-0.39, 0.29) is 6.61 Å². The predicted molar refractivity (Wildman–Crippen MR) is 82.3 cm³/mol. The third-order valence-corrected chi connectivity index (χ3v) is 3.28. The Kier molecular flexibility index (Phi) is 3.50. The maximum absolute atomic E-state index is 9.29. The third kappa shape index (κ3) is 2.56. The van der Waals surface area contributed by atoms with Gasteiger partial charge in [0.15, 0.2) is 0 Å². The van der Waals surface area contributed by atoms with Crippen molar-refractivity contribution in [1.29, 1.82) is 0 Å². The first-order valence-corrected chi connectivity index (χ1v) is 6.56. The second-order valence-electron chi connectivity index (χ2n) is 4.63. The normalized spacial score (nSPS) is 10.1. The lowest BCUT2D eigenvalue weighted by molar-refractivity contribution is 0.281. The minimum Gasteiger partial charge on any atom is -0.392 e. The van der Waals surface area contributed by atoms with Gasteiger partial charge < -0.3 is 5.11 Å². The monoisotopic (exact) mass is 258 g/mol. The molecule has 0 aliphatic carbocycles. The first-order chi connectivity index (χ1) is 9.86. The van der Waals surface area contributed by atoms with Gasteiger partial charge in [-0.1, -0.05) is 60.4 Å². The molecule has 0 bridgehead atoms. The average molecular weight is 258 g/mol. The molecule has 3 aromatic rings. The lowest BCUT2D eigenvalue weighted by Gasteiger charge is -1.99. The van der Waals surface area contributed by atoms with Crippen molar-refractivity contribution in [2.24, 2.45) is 0 Å². The fourth-order valence-electron chi connectivity index (χ4n) is 2.19. The van der Waals surface area contributed by atoms with Gasteiger partial charge >= 0.3 is 0 Å². The van der Waals surface area contributed by atoms with Crippen LogP contribution in [-0.2, 0) is 6.61 Å². The number of aliphatic hydroxyl groups is 1. The summed E-state index contributed by atoms with van der Waals surface area (Å²) in [4.78, 5) is 0. The standard InChI is InChI=1S/C19H14O/c20-14-19-8-4-2-6-17(19)12-10-15-9-11-16-5-1-3-7-18(16)13-15/h1-9,11,13,20H,14H2.